The van der Waals surface area contributed by atoms with Crippen LogP contribution in [0.1, 0.15) is 73.0 Å². The third-order valence-corrected chi connectivity index (χ3v) is 8.08. The zero-order valence-electron chi connectivity index (χ0n) is 28.1. The molecule has 0 spiro atoms. The monoisotopic (exact) mass is 728 g/mol. The van der Waals surface area contributed by atoms with Crippen molar-refractivity contribution in [3.8, 4) is 11.6 Å². The van der Waals surface area contributed by atoms with Gasteiger partial charge in [0.2, 0.25) is 5.88 Å². The van der Waals surface area contributed by atoms with Gasteiger partial charge in [-0.25, -0.2) is 14.8 Å². The highest BCUT2D eigenvalue weighted by Gasteiger charge is 2.39. The lowest BCUT2D eigenvalue weighted by molar-refractivity contribution is -0.143. The van der Waals surface area contributed by atoms with Crippen LogP contribution in [0.5, 0.6) is 11.6 Å². The Labute approximate surface area is 289 Å². The Balaban J connectivity index is 1.72. The molecule has 1 aromatic carbocycles. The Morgan fingerprint density at radius 2 is 1.69 bits per heavy atom. The van der Waals surface area contributed by atoms with Crippen LogP contribution in [-0.4, -0.2) is 67.2 Å². The summed E-state index contributed by atoms with van der Waals surface area (Å²) in [4.78, 5) is 34.7. The number of aromatic nitrogens is 2. The SMILES string of the molecule is CC[C@@H]1C[C@H](Nc2ncc(OCCOC)cc2Cc2cc(C(F)(F)F)cc(C(F)(F)F)c2)c2nc(OC)ccc2N1C(=O)OCCCCC(=O)O. The van der Waals surface area contributed by atoms with E-state index in [-0.39, 0.29) is 73.7 Å². The van der Waals surface area contributed by atoms with Gasteiger partial charge in [0.15, 0.2) is 0 Å². The highest BCUT2D eigenvalue weighted by Crippen LogP contribution is 2.42. The van der Waals surface area contributed by atoms with Crippen LogP contribution in [0, 0.1) is 0 Å². The minimum absolute atomic E-state index is 0.00266. The van der Waals surface area contributed by atoms with Gasteiger partial charge in [-0.15, -0.1) is 0 Å². The third kappa shape index (κ3) is 10.4. The number of nitrogens with zero attached hydrogens (tertiary/aromatic N) is 3. The van der Waals surface area contributed by atoms with Gasteiger partial charge in [0, 0.05) is 37.6 Å². The summed E-state index contributed by atoms with van der Waals surface area (Å²) in [6.45, 7) is 2.18. The van der Waals surface area contributed by atoms with Crippen molar-refractivity contribution >= 4 is 23.6 Å². The number of nitrogens with one attached hydrogen (secondary N) is 1. The summed E-state index contributed by atoms with van der Waals surface area (Å²) in [5.41, 5.74) is -2.18. The fourth-order valence-electron chi connectivity index (χ4n) is 5.62. The number of carboxylic acid groups (broad SMARTS) is 1. The second kappa shape index (κ2) is 16.9. The van der Waals surface area contributed by atoms with Crippen LogP contribution in [0.3, 0.4) is 0 Å². The maximum Gasteiger partial charge on any atom is 0.416 e. The molecule has 3 aromatic rings. The zero-order chi connectivity index (χ0) is 37.3. The molecule has 0 saturated carbocycles. The molecule has 0 saturated heterocycles. The van der Waals surface area contributed by atoms with Crippen LogP contribution in [0.25, 0.3) is 0 Å². The number of unbranched alkanes of at least 4 members (excludes halogenated alkanes) is 1. The molecule has 2 aromatic heterocycles. The van der Waals surface area contributed by atoms with Crippen LogP contribution in [0.15, 0.2) is 42.6 Å². The van der Waals surface area contributed by atoms with Crippen LogP contribution >= 0.6 is 0 Å². The Kier molecular flexibility index (Phi) is 13.0. The molecule has 1 aliphatic rings. The fraction of sp³-hybridized carbons (Fsp3) is 0.471. The molecular formula is C34H38F6N4O7. The number of ether oxygens (including phenoxy) is 4. The Morgan fingerprint density at radius 3 is 2.29 bits per heavy atom. The predicted octanol–water partition coefficient (Wildman–Crippen LogP) is 7.67. The summed E-state index contributed by atoms with van der Waals surface area (Å²) in [5, 5.41) is 12.1. The van der Waals surface area contributed by atoms with Gasteiger partial charge in [-0.3, -0.25) is 9.69 Å². The maximum atomic E-state index is 13.7. The van der Waals surface area contributed by atoms with E-state index in [0.29, 0.717) is 42.8 Å². The van der Waals surface area contributed by atoms with Gasteiger partial charge in [-0.05, 0) is 61.6 Å². The Hall–Kier alpha value is -4.80. The number of methoxy groups -OCH3 is 2. The van der Waals surface area contributed by atoms with Crippen molar-refractivity contribution in [2.24, 2.45) is 0 Å². The van der Waals surface area contributed by atoms with Gasteiger partial charge in [-0.2, -0.15) is 26.3 Å². The van der Waals surface area contributed by atoms with Crippen LogP contribution in [0.2, 0.25) is 0 Å². The molecule has 2 N–H and O–H groups in total. The van der Waals surface area contributed by atoms with Crippen molar-refractivity contribution in [2.45, 2.75) is 69.9 Å². The molecule has 0 radical (unpaired) electrons. The molecule has 51 heavy (non-hydrogen) atoms. The van der Waals surface area contributed by atoms with Crippen molar-refractivity contribution in [1.29, 1.82) is 0 Å². The van der Waals surface area contributed by atoms with E-state index in [2.05, 4.69) is 15.3 Å². The molecular weight excluding hydrogens is 690 g/mol. The summed E-state index contributed by atoms with van der Waals surface area (Å²) in [6, 6.07) is 4.98. The van der Waals surface area contributed by atoms with Crippen molar-refractivity contribution in [1.82, 2.24) is 9.97 Å². The quantitative estimate of drug-likeness (QED) is 0.119. The molecule has 0 unspecified atom stereocenters. The number of anilines is 2. The molecule has 1 aliphatic heterocycles. The van der Waals surface area contributed by atoms with E-state index in [1.54, 1.807) is 12.1 Å². The lowest BCUT2D eigenvalue weighted by Gasteiger charge is -2.39. The number of amides is 1. The van der Waals surface area contributed by atoms with Crippen LogP contribution in [0.4, 0.5) is 42.6 Å². The number of halogens is 6. The van der Waals surface area contributed by atoms with Gasteiger partial charge in [0.25, 0.3) is 0 Å². The van der Waals surface area contributed by atoms with Crippen LogP contribution in [-0.2, 0) is 33.0 Å². The first kappa shape index (κ1) is 39.0. The van der Waals surface area contributed by atoms with E-state index in [1.807, 2.05) is 6.92 Å². The van der Waals surface area contributed by atoms with Crippen molar-refractivity contribution < 1.29 is 60.0 Å². The number of hydrogen-bond donors (Lipinski definition) is 2. The van der Waals surface area contributed by atoms with Gasteiger partial charge < -0.3 is 29.4 Å². The number of rotatable bonds is 15. The molecule has 11 nitrogen and oxygen atoms in total. The molecule has 1 amide bonds. The predicted molar refractivity (Wildman–Crippen MR) is 172 cm³/mol. The molecule has 3 heterocycles. The number of aliphatic carboxylic acids is 1. The standard InChI is InChI=1S/C34H38F6N4O7/c1-4-24-18-26(30-27(8-9-28(43-30)49-3)44(24)32(47)51-10-6-5-7-29(45)46)42-31-21(16-25(19-41-31)50-12-11-48-2)13-20-14-22(33(35,36)37)17-23(15-20)34(38,39)40/h8-9,14-17,19,24,26H,4-7,10-13,18H2,1-3H3,(H,41,42)(H,45,46)/t24-,26+/m1/s1. The first-order valence-electron chi connectivity index (χ1n) is 16.0. The largest absolute Gasteiger partial charge is 0.490 e. The first-order chi connectivity index (χ1) is 24.1. The normalized spacial score (nSPS) is 16.0. The zero-order valence-corrected chi connectivity index (χ0v) is 28.1. The summed E-state index contributed by atoms with van der Waals surface area (Å²) in [6.07, 6.45) is -8.41. The lowest BCUT2D eigenvalue weighted by atomic mass is 9.93. The van der Waals surface area contributed by atoms with E-state index in [1.165, 1.54) is 31.4 Å². The average molecular weight is 729 g/mol. The molecule has 2 atom stereocenters. The topological polar surface area (TPSA) is 132 Å². The summed E-state index contributed by atoms with van der Waals surface area (Å²) in [5.74, 6) is -0.382. The smallest absolute Gasteiger partial charge is 0.416 e. The van der Waals surface area contributed by atoms with Gasteiger partial charge in [0.05, 0.1) is 55.1 Å². The van der Waals surface area contributed by atoms with Crippen LogP contribution < -0.4 is 19.7 Å². The number of carbonyl (C=O) groups is 2. The van der Waals surface area contributed by atoms with Crippen molar-refractivity contribution in [3.63, 3.8) is 0 Å². The number of carboxylic acids is 1. The Morgan fingerprint density at radius 1 is 0.980 bits per heavy atom. The second-order valence-corrected chi connectivity index (χ2v) is 11.7. The molecule has 278 valence electrons. The van der Waals surface area contributed by atoms with E-state index < -0.39 is 47.6 Å². The summed E-state index contributed by atoms with van der Waals surface area (Å²) in [7, 11) is 2.87. The Bertz CT molecular complexity index is 1640. The summed E-state index contributed by atoms with van der Waals surface area (Å²) >= 11 is 0. The molecule has 4 rings (SSSR count). The van der Waals surface area contributed by atoms with E-state index >= 15 is 0 Å². The number of alkyl halides is 6. The fourth-order valence-corrected chi connectivity index (χ4v) is 5.62. The second-order valence-electron chi connectivity index (χ2n) is 11.7. The number of benzene rings is 1. The average Bonchev–Trinajstić information content (AvgIpc) is 3.07. The molecule has 17 heteroatoms. The number of pyridine rings is 2. The summed E-state index contributed by atoms with van der Waals surface area (Å²) < 4.78 is 104. The highest BCUT2D eigenvalue weighted by atomic mass is 19.4. The van der Waals surface area contributed by atoms with Crippen molar-refractivity contribution in [3.05, 3.63) is 70.5 Å². The van der Waals surface area contributed by atoms with E-state index in [9.17, 15) is 35.9 Å². The molecule has 0 aliphatic carbocycles. The minimum Gasteiger partial charge on any atom is -0.490 e. The van der Waals surface area contributed by atoms with Crippen molar-refractivity contribution in [2.75, 3.05) is 44.3 Å². The number of carbonyl (C=O) groups excluding carboxylic acids is 1. The highest BCUT2D eigenvalue weighted by molar-refractivity contribution is 5.90. The van der Waals surface area contributed by atoms with Gasteiger partial charge in [0.1, 0.15) is 18.2 Å². The van der Waals surface area contributed by atoms with E-state index in [0.717, 1.165) is 0 Å². The van der Waals surface area contributed by atoms with Gasteiger partial charge in [-0.1, -0.05) is 6.92 Å². The number of fused-ring (bicyclic) bond motifs is 1. The first-order valence-corrected chi connectivity index (χ1v) is 16.0. The maximum absolute atomic E-state index is 13.7. The van der Waals surface area contributed by atoms with E-state index in [4.69, 9.17) is 24.1 Å². The molecule has 0 bridgehead atoms. The number of hydrogen-bond acceptors (Lipinski definition) is 9. The lowest BCUT2D eigenvalue weighted by Crippen LogP contribution is -2.46. The minimum atomic E-state index is -5.03. The molecule has 0 fully saturated rings. The van der Waals surface area contributed by atoms with Gasteiger partial charge >= 0.3 is 24.4 Å². The third-order valence-electron chi connectivity index (χ3n) is 8.08.